The van der Waals surface area contributed by atoms with Gasteiger partial charge < -0.3 is 4.74 Å². The molecule has 0 spiro atoms. The van der Waals surface area contributed by atoms with Crippen LogP contribution in [0.5, 0.6) is 0 Å². The van der Waals surface area contributed by atoms with E-state index in [-0.39, 0.29) is 0 Å². The lowest BCUT2D eigenvalue weighted by Gasteiger charge is -2.28. The van der Waals surface area contributed by atoms with Crippen LogP contribution in [0.2, 0.25) is 0 Å². The van der Waals surface area contributed by atoms with Crippen LogP contribution in [0.1, 0.15) is 99.8 Å². The molecule has 0 amide bonds. The molecule has 0 N–H and O–H groups in total. The van der Waals surface area contributed by atoms with Crippen molar-refractivity contribution in [3.05, 3.63) is 77.4 Å². The van der Waals surface area contributed by atoms with E-state index in [2.05, 4.69) is 62.0 Å². The smallest absolute Gasteiger partial charge is 0.0716 e. The number of unbranched alkanes of at least 4 members (excludes halogenated alkanes) is 3. The molecule has 0 saturated heterocycles. The lowest BCUT2D eigenvalue weighted by molar-refractivity contribution is 0.117. The second kappa shape index (κ2) is 15.1. The Morgan fingerprint density at radius 2 is 1.33 bits per heavy atom. The predicted octanol–water partition coefficient (Wildman–Crippen LogP) is 9.19. The van der Waals surface area contributed by atoms with Crippen LogP contribution < -0.4 is 0 Å². The van der Waals surface area contributed by atoms with E-state index in [1.165, 1.54) is 106 Å². The number of aryl methyl sites for hydroxylation is 2. The van der Waals surface area contributed by atoms with Gasteiger partial charge in [-0.25, -0.2) is 0 Å². The average Bonchev–Trinajstić information content (AvgIpc) is 2.87. The first-order chi connectivity index (χ1) is 16.3. The molecule has 0 heterocycles. The summed E-state index contributed by atoms with van der Waals surface area (Å²) in [6.45, 7) is 7.72. The third-order valence-electron chi connectivity index (χ3n) is 7.53. The minimum atomic E-state index is 0.758. The van der Waals surface area contributed by atoms with Gasteiger partial charge >= 0.3 is 0 Å². The van der Waals surface area contributed by atoms with E-state index in [4.69, 9.17) is 4.74 Å². The van der Waals surface area contributed by atoms with Gasteiger partial charge in [-0.15, -0.1) is 0 Å². The molecule has 1 aliphatic carbocycles. The van der Waals surface area contributed by atoms with Crippen molar-refractivity contribution < 1.29 is 4.74 Å². The Kier molecular flexibility index (Phi) is 11.8. The first-order valence-electron chi connectivity index (χ1n) is 13.6. The van der Waals surface area contributed by atoms with Crippen LogP contribution in [0.15, 0.2) is 55.1 Å². The molecule has 2 aromatic carbocycles. The third kappa shape index (κ3) is 9.88. The van der Waals surface area contributed by atoms with Gasteiger partial charge in [-0.1, -0.05) is 119 Å². The molecule has 1 saturated carbocycles. The highest BCUT2D eigenvalue weighted by Gasteiger charge is 2.20. The molecule has 2 aromatic rings. The highest BCUT2D eigenvalue weighted by molar-refractivity contribution is 5.47. The molecule has 0 bridgehead atoms. The quantitative estimate of drug-likeness (QED) is 0.248. The molecule has 0 aliphatic heterocycles. The molecule has 1 aliphatic rings. The number of hydrogen-bond donors (Lipinski definition) is 0. The molecular formula is C32H46O. The molecular weight excluding hydrogens is 400 g/mol. The van der Waals surface area contributed by atoms with Crippen molar-refractivity contribution in [2.45, 2.75) is 97.0 Å². The molecule has 1 nitrogen and oxygen atoms in total. The second-order valence-corrected chi connectivity index (χ2v) is 10.2. The Morgan fingerprint density at radius 3 is 2.00 bits per heavy atom. The summed E-state index contributed by atoms with van der Waals surface area (Å²) in [6, 6.07) is 18.1. The van der Waals surface area contributed by atoms with E-state index in [9.17, 15) is 0 Å². The van der Waals surface area contributed by atoms with Gasteiger partial charge in [0.05, 0.1) is 6.61 Å². The van der Waals surface area contributed by atoms with E-state index in [1.807, 2.05) is 6.08 Å². The van der Waals surface area contributed by atoms with E-state index < -0.39 is 0 Å². The van der Waals surface area contributed by atoms with Crippen molar-refractivity contribution >= 4 is 6.08 Å². The van der Waals surface area contributed by atoms with Crippen molar-refractivity contribution in [1.29, 1.82) is 0 Å². The molecule has 3 rings (SSSR count). The Bertz CT molecular complexity index is 765. The van der Waals surface area contributed by atoms with Crippen LogP contribution in [-0.4, -0.2) is 6.61 Å². The summed E-state index contributed by atoms with van der Waals surface area (Å²) < 4.78 is 5.78. The van der Waals surface area contributed by atoms with E-state index >= 15 is 0 Å². The summed E-state index contributed by atoms with van der Waals surface area (Å²) in [5, 5.41) is 0. The highest BCUT2D eigenvalue weighted by atomic mass is 16.5. The predicted molar refractivity (Wildman–Crippen MR) is 143 cm³/mol. The number of ether oxygens (including phenoxy) is 1. The summed E-state index contributed by atoms with van der Waals surface area (Å²) in [5.74, 6) is 1.91. The minimum Gasteiger partial charge on any atom is -0.377 e. The van der Waals surface area contributed by atoms with E-state index in [0.29, 0.717) is 0 Å². The van der Waals surface area contributed by atoms with Crippen molar-refractivity contribution in [3.63, 3.8) is 0 Å². The summed E-state index contributed by atoms with van der Waals surface area (Å²) in [6.07, 6.45) is 19.4. The van der Waals surface area contributed by atoms with E-state index in [0.717, 1.165) is 25.0 Å². The fourth-order valence-electron chi connectivity index (χ4n) is 5.21. The minimum absolute atomic E-state index is 0.758. The van der Waals surface area contributed by atoms with Gasteiger partial charge in [-0.3, -0.25) is 0 Å². The van der Waals surface area contributed by atoms with Gasteiger partial charge in [0, 0.05) is 6.61 Å². The SMILES string of the molecule is C=Cc1ccc(CCC2CCC(CCCCc3ccc(COCCCCC)cc3)CC2)cc1. The Balaban J connectivity index is 1.23. The zero-order valence-electron chi connectivity index (χ0n) is 21.1. The monoisotopic (exact) mass is 446 g/mol. The van der Waals surface area contributed by atoms with Crippen LogP contribution in [0, 0.1) is 11.8 Å². The van der Waals surface area contributed by atoms with Crippen LogP contribution in [-0.2, 0) is 24.2 Å². The summed E-state index contributed by atoms with van der Waals surface area (Å²) in [7, 11) is 0. The average molecular weight is 447 g/mol. The Morgan fingerprint density at radius 1 is 0.727 bits per heavy atom. The van der Waals surface area contributed by atoms with Gasteiger partial charge in [0.1, 0.15) is 0 Å². The van der Waals surface area contributed by atoms with Crippen LogP contribution in [0.3, 0.4) is 0 Å². The maximum Gasteiger partial charge on any atom is 0.0716 e. The van der Waals surface area contributed by atoms with Crippen molar-refractivity contribution in [1.82, 2.24) is 0 Å². The topological polar surface area (TPSA) is 9.23 Å². The zero-order chi connectivity index (χ0) is 23.1. The molecule has 0 atom stereocenters. The molecule has 1 fully saturated rings. The summed E-state index contributed by atoms with van der Waals surface area (Å²) in [5.41, 5.74) is 5.49. The molecule has 0 unspecified atom stereocenters. The standard InChI is InChI=1S/C32H46O/c1-3-5-8-25-33-26-32-23-21-29(22-24-32)10-7-6-9-28-15-17-31(18-16-28)20-19-30-13-11-27(4-2)12-14-30/h4,11-14,21-24,28,31H,2-3,5-10,15-20,25-26H2,1H3. The normalized spacial score (nSPS) is 18.3. The van der Waals surface area contributed by atoms with Crippen molar-refractivity contribution in [2.75, 3.05) is 6.61 Å². The van der Waals surface area contributed by atoms with Gasteiger partial charge in [0.15, 0.2) is 0 Å². The number of hydrogen-bond acceptors (Lipinski definition) is 1. The fraction of sp³-hybridized carbons (Fsp3) is 0.562. The maximum atomic E-state index is 5.78. The number of rotatable bonds is 15. The summed E-state index contributed by atoms with van der Waals surface area (Å²) >= 11 is 0. The fourth-order valence-corrected chi connectivity index (χ4v) is 5.21. The Hall–Kier alpha value is -1.86. The number of benzene rings is 2. The van der Waals surface area contributed by atoms with Crippen molar-refractivity contribution in [3.8, 4) is 0 Å². The second-order valence-electron chi connectivity index (χ2n) is 10.2. The van der Waals surface area contributed by atoms with Crippen LogP contribution >= 0.6 is 0 Å². The molecule has 1 heteroatoms. The Labute approximate surface area is 203 Å². The highest BCUT2D eigenvalue weighted by Crippen LogP contribution is 2.34. The van der Waals surface area contributed by atoms with Gasteiger partial charge in [0.2, 0.25) is 0 Å². The zero-order valence-corrected chi connectivity index (χ0v) is 21.1. The van der Waals surface area contributed by atoms with E-state index in [1.54, 1.807) is 0 Å². The molecule has 33 heavy (non-hydrogen) atoms. The molecule has 0 aromatic heterocycles. The lowest BCUT2D eigenvalue weighted by atomic mass is 9.77. The molecule has 0 radical (unpaired) electrons. The van der Waals surface area contributed by atoms with Crippen LogP contribution in [0.4, 0.5) is 0 Å². The molecule has 180 valence electrons. The lowest BCUT2D eigenvalue weighted by Crippen LogP contribution is -2.15. The van der Waals surface area contributed by atoms with Crippen LogP contribution in [0.25, 0.3) is 6.08 Å². The maximum absolute atomic E-state index is 5.78. The van der Waals surface area contributed by atoms with Gasteiger partial charge in [0.25, 0.3) is 0 Å². The largest absolute Gasteiger partial charge is 0.377 e. The first-order valence-corrected chi connectivity index (χ1v) is 13.6. The van der Waals surface area contributed by atoms with Gasteiger partial charge in [-0.05, 0) is 66.2 Å². The third-order valence-corrected chi connectivity index (χ3v) is 7.53. The first kappa shape index (κ1) is 25.8. The van der Waals surface area contributed by atoms with Crippen molar-refractivity contribution in [2.24, 2.45) is 11.8 Å². The summed E-state index contributed by atoms with van der Waals surface area (Å²) in [4.78, 5) is 0. The van der Waals surface area contributed by atoms with Gasteiger partial charge in [-0.2, -0.15) is 0 Å².